The highest BCUT2D eigenvalue weighted by Crippen LogP contribution is 2.30. The maximum Gasteiger partial charge on any atom is 0.417 e. The lowest BCUT2D eigenvalue weighted by Crippen LogP contribution is -2.51. The molecule has 3 aromatic rings. The molecule has 37 heavy (non-hydrogen) atoms. The normalized spacial score (nSPS) is 13.4. The number of aromatic hydroxyl groups is 1. The van der Waals surface area contributed by atoms with E-state index in [1.54, 1.807) is 25.1 Å². The third-order valence-corrected chi connectivity index (χ3v) is 5.80. The van der Waals surface area contributed by atoms with Crippen molar-refractivity contribution in [1.29, 1.82) is 5.26 Å². The molecule has 2 atom stereocenters. The largest absolute Gasteiger partial charge is 0.508 e. The Bertz CT molecular complexity index is 1280. The molecular weight excluding hydrogens is 490 g/mol. The Balaban J connectivity index is 1.82. The van der Waals surface area contributed by atoms with Crippen LogP contribution in [0.2, 0.25) is 0 Å². The first-order valence-corrected chi connectivity index (χ1v) is 11.3. The minimum atomic E-state index is -4.55. The molecule has 0 bridgehead atoms. The molecule has 0 spiro atoms. The summed E-state index contributed by atoms with van der Waals surface area (Å²) in [4.78, 5) is 16.8. The minimum Gasteiger partial charge on any atom is -0.508 e. The predicted molar refractivity (Wildman–Crippen MR) is 127 cm³/mol. The monoisotopic (exact) mass is 515 g/mol. The second kappa shape index (κ2) is 10.9. The summed E-state index contributed by atoms with van der Waals surface area (Å²) in [7, 11) is 0. The van der Waals surface area contributed by atoms with Crippen LogP contribution in [-0.4, -0.2) is 27.6 Å². The Morgan fingerprint density at radius 3 is 2.38 bits per heavy atom. The lowest BCUT2D eigenvalue weighted by molar-refractivity contribution is -0.138. The highest BCUT2D eigenvalue weighted by atomic mass is 19.4. The van der Waals surface area contributed by atoms with E-state index in [0.29, 0.717) is 18.2 Å². The highest BCUT2D eigenvalue weighted by Gasteiger charge is 2.35. The number of hydrogen-bond acceptors (Lipinski definition) is 5. The van der Waals surface area contributed by atoms with E-state index in [4.69, 9.17) is 4.74 Å². The molecule has 10 heteroatoms. The van der Waals surface area contributed by atoms with Crippen LogP contribution in [0.5, 0.6) is 11.6 Å². The number of pyridine rings is 1. The third kappa shape index (κ3) is 7.19. The predicted octanol–water partition coefficient (Wildman–Crippen LogP) is 5.51. The van der Waals surface area contributed by atoms with Gasteiger partial charge in [0.25, 0.3) is 5.91 Å². The summed E-state index contributed by atoms with van der Waals surface area (Å²) < 4.78 is 58.2. The van der Waals surface area contributed by atoms with Gasteiger partial charge in [-0.05, 0) is 74.7 Å². The number of amides is 1. The van der Waals surface area contributed by atoms with E-state index in [2.05, 4.69) is 10.3 Å². The van der Waals surface area contributed by atoms with E-state index < -0.39 is 41.0 Å². The maximum atomic E-state index is 14.3. The van der Waals surface area contributed by atoms with Gasteiger partial charge in [-0.2, -0.15) is 18.4 Å². The number of alkyl halides is 3. The second-order valence-electron chi connectivity index (χ2n) is 9.12. The van der Waals surface area contributed by atoms with Gasteiger partial charge in [-0.25, -0.2) is 9.37 Å². The molecule has 0 saturated heterocycles. The van der Waals surface area contributed by atoms with Crippen LogP contribution >= 0.6 is 0 Å². The molecule has 2 N–H and O–H groups in total. The molecule has 2 aromatic carbocycles. The van der Waals surface area contributed by atoms with Crippen molar-refractivity contribution in [3.8, 4) is 17.7 Å². The molecule has 6 nitrogen and oxygen atoms in total. The summed E-state index contributed by atoms with van der Waals surface area (Å²) in [5.74, 6) is -1.73. The number of aromatic nitrogens is 1. The summed E-state index contributed by atoms with van der Waals surface area (Å²) in [6.07, 6.45) is -3.59. The maximum absolute atomic E-state index is 14.3. The van der Waals surface area contributed by atoms with Crippen LogP contribution in [0.3, 0.4) is 0 Å². The lowest BCUT2D eigenvalue weighted by atomic mass is 9.85. The molecule has 0 radical (unpaired) electrons. The summed E-state index contributed by atoms with van der Waals surface area (Å²) in [5.41, 5.74) is -1.04. The molecule has 0 fully saturated rings. The number of carbonyl (C=O) groups excluding carboxylic acids is 1. The zero-order valence-electron chi connectivity index (χ0n) is 20.3. The zero-order valence-corrected chi connectivity index (χ0v) is 20.3. The van der Waals surface area contributed by atoms with Crippen molar-refractivity contribution >= 4 is 5.91 Å². The first-order valence-electron chi connectivity index (χ1n) is 11.3. The Hall–Kier alpha value is -4.13. The molecule has 0 aliphatic carbocycles. The van der Waals surface area contributed by atoms with Crippen molar-refractivity contribution < 1.29 is 32.2 Å². The fourth-order valence-electron chi connectivity index (χ4n) is 3.76. The van der Waals surface area contributed by atoms with Crippen molar-refractivity contribution in [2.45, 2.75) is 50.9 Å². The standard InChI is InChI=1S/C27H25F4N3O3/c1-16(34-25(36)26(2,3)37-24-9-6-20(15-33-24)27(29,30)31)23(12-17-4-7-22(35)8-5-17)19-10-18(14-32)11-21(28)13-19/h4-11,13,15-16,23,35H,12H2,1-3H3,(H,34,36)/t16-,23+/m0/s1. The van der Waals surface area contributed by atoms with Crippen LogP contribution in [0.1, 0.15) is 48.9 Å². The number of rotatable bonds is 8. The number of hydrogen-bond donors (Lipinski definition) is 2. The Morgan fingerprint density at radius 1 is 1.14 bits per heavy atom. The van der Waals surface area contributed by atoms with E-state index in [0.717, 1.165) is 23.8 Å². The van der Waals surface area contributed by atoms with Crippen molar-refractivity contribution in [2.24, 2.45) is 0 Å². The number of benzene rings is 2. The molecule has 0 aliphatic heterocycles. The topological polar surface area (TPSA) is 95.2 Å². The highest BCUT2D eigenvalue weighted by molar-refractivity contribution is 5.85. The third-order valence-electron chi connectivity index (χ3n) is 5.80. The van der Waals surface area contributed by atoms with E-state index >= 15 is 0 Å². The van der Waals surface area contributed by atoms with Gasteiger partial charge < -0.3 is 15.2 Å². The first kappa shape index (κ1) is 27.5. The van der Waals surface area contributed by atoms with Gasteiger partial charge in [0.05, 0.1) is 17.2 Å². The van der Waals surface area contributed by atoms with Gasteiger partial charge in [0.2, 0.25) is 5.88 Å². The number of carbonyl (C=O) groups is 1. The van der Waals surface area contributed by atoms with Crippen molar-refractivity contribution in [2.75, 3.05) is 0 Å². The van der Waals surface area contributed by atoms with Gasteiger partial charge >= 0.3 is 6.18 Å². The average molecular weight is 516 g/mol. The molecule has 1 aromatic heterocycles. The number of halogens is 4. The summed E-state index contributed by atoms with van der Waals surface area (Å²) in [6, 6.07) is 13.5. The van der Waals surface area contributed by atoms with Gasteiger partial charge in [-0.1, -0.05) is 12.1 Å². The van der Waals surface area contributed by atoms with Crippen LogP contribution in [0.4, 0.5) is 17.6 Å². The van der Waals surface area contributed by atoms with E-state index in [1.165, 1.54) is 32.0 Å². The van der Waals surface area contributed by atoms with E-state index in [1.807, 2.05) is 6.07 Å². The molecule has 0 saturated carbocycles. The quantitative estimate of drug-likeness (QED) is 0.386. The van der Waals surface area contributed by atoms with Crippen LogP contribution in [0.15, 0.2) is 60.8 Å². The van der Waals surface area contributed by atoms with Crippen LogP contribution in [-0.2, 0) is 17.4 Å². The van der Waals surface area contributed by atoms with Gasteiger partial charge in [0.1, 0.15) is 11.6 Å². The van der Waals surface area contributed by atoms with Crippen molar-refractivity contribution in [1.82, 2.24) is 10.3 Å². The van der Waals surface area contributed by atoms with Crippen LogP contribution in [0, 0.1) is 17.1 Å². The minimum absolute atomic E-state index is 0.0787. The van der Waals surface area contributed by atoms with E-state index in [-0.39, 0.29) is 17.2 Å². The Kier molecular flexibility index (Phi) is 8.06. The molecule has 0 aliphatic rings. The van der Waals surface area contributed by atoms with Gasteiger partial charge in [0, 0.05) is 24.2 Å². The number of phenols is 1. The number of nitriles is 1. The SMILES string of the molecule is C[C@H](NC(=O)C(C)(C)Oc1ccc(C(F)(F)F)cn1)[C@@H](Cc1ccc(O)cc1)c1cc(F)cc(C#N)c1. The zero-order chi connectivity index (χ0) is 27.4. The molecule has 194 valence electrons. The second-order valence-corrected chi connectivity index (χ2v) is 9.12. The van der Waals surface area contributed by atoms with Gasteiger partial charge in [-0.15, -0.1) is 0 Å². The van der Waals surface area contributed by atoms with Gasteiger partial charge in [0.15, 0.2) is 5.60 Å². The Labute approximate surface area is 211 Å². The molecule has 1 amide bonds. The summed E-state index contributed by atoms with van der Waals surface area (Å²) >= 11 is 0. The molecule has 3 rings (SSSR count). The smallest absolute Gasteiger partial charge is 0.417 e. The number of nitrogens with one attached hydrogen (secondary N) is 1. The first-order chi connectivity index (χ1) is 17.3. The molecular formula is C27H25F4N3O3. The number of nitrogens with zero attached hydrogens (tertiary/aromatic N) is 2. The molecule has 0 unspecified atom stereocenters. The van der Waals surface area contributed by atoms with Gasteiger partial charge in [-0.3, -0.25) is 4.79 Å². The fraction of sp³-hybridized carbons (Fsp3) is 0.296. The Morgan fingerprint density at radius 2 is 1.81 bits per heavy atom. The summed E-state index contributed by atoms with van der Waals surface area (Å²) in [5, 5.41) is 21.7. The van der Waals surface area contributed by atoms with Crippen LogP contribution in [0.25, 0.3) is 0 Å². The molecule has 1 heterocycles. The fourth-order valence-corrected chi connectivity index (χ4v) is 3.76. The lowest BCUT2D eigenvalue weighted by Gasteiger charge is -2.30. The van der Waals surface area contributed by atoms with Crippen molar-refractivity contribution in [3.05, 3.63) is 88.9 Å². The number of phenolic OH excluding ortho intramolecular Hbond substituents is 1. The summed E-state index contributed by atoms with van der Waals surface area (Å²) in [6.45, 7) is 4.60. The van der Waals surface area contributed by atoms with Crippen LogP contribution < -0.4 is 10.1 Å². The van der Waals surface area contributed by atoms with E-state index in [9.17, 15) is 32.7 Å². The van der Waals surface area contributed by atoms with Crippen molar-refractivity contribution in [3.63, 3.8) is 0 Å². The number of ether oxygens (including phenoxy) is 1. The average Bonchev–Trinajstić information content (AvgIpc) is 2.82.